The number of nitrogens with zero attached hydrogens (tertiary/aromatic N) is 3. The first kappa shape index (κ1) is 18.0. The zero-order valence-corrected chi connectivity index (χ0v) is 16.7. The molecule has 0 bridgehead atoms. The van der Waals surface area contributed by atoms with Gasteiger partial charge in [0.25, 0.3) is 0 Å². The number of fused-ring (bicyclic) bond motifs is 1. The quantitative estimate of drug-likeness (QED) is 0.370. The lowest BCUT2D eigenvalue weighted by Crippen LogP contribution is -2.00. The van der Waals surface area contributed by atoms with E-state index in [2.05, 4.69) is 90.5 Å². The van der Waals surface area contributed by atoms with Gasteiger partial charge in [-0.05, 0) is 69.2 Å². The van der Waals surface area contributed by atoms with Gasteiger partial charge in [0.2, 0.25) is 0 Å². The average molecular weight is 368 g/mol. The first-order valence-corrected chi connectivity index (χ1v) is 9.44. The lowest BCUT2D eigenvalue weighted by molar-refractivity contribution is 0.965. The molecule has 0 radical (unpaired) electrons. The van der Waals surface area contributed by atoms with Gasteiger partial charge < -0.3 is 4.57 Å². The lowest BCUT2D eigenvalue weighted by atomic mass is 10.1. The summed E-state index contributed by atoms with van der Waals surface area (Å²) in [6.07, 6.45) is 1.86. The molecule has 0 aliphatic rings. The molecule has 0 saturated carbocycles. The van der Waals surface area contributed by atoms with Crippen molar-refractivity contribution in [2.24, 2.45) is 5.10 Å². The molecule has 4 aromatic rings. The highest BCUT2D eigenvalue weighted by atomic mass is 15.3. The Balaban J connectivity index is 1.61. The molecule has 1 N–H and O–H groups in total. The predicted molar refractivity (Wildman–Crippen MR) is 118 cm³/mol. The van der Waals surface area contributed by atoms with Gasteiger partial charge >= 0.3 is 0 Å². The molecule has 2 aromatic heterocycles. The summed E-state index contributed by atoms with van der Waals surface area (Å²) in [5, 5.41) is 5.60. The van der Waals surface area contributed by atoms with E-state index in [1.807, 2.05) is 19.2 Å². The number of anilines is 1. The molecule has 0 aliphatic carbocycles. The SMILES string of the molecule is Cc1ccc2cc(C)c(N/N=C/c3cc(C)n(-c4ccccc4)c3C)nc2c1. The summed E-state index contributed by atoms with van der Waals surface area (Å²) in [5.41, 5.74) is 11.0. The third-order valence-electron chi connectivity index (χ3n) is 5.02. The predicted octanol–water partition coefficient (Wildman–Crippen LogP) is 5.71. The van der Waals surface area contributed by atoms with Gasteiger partial charge in [0, 0.05) is 28.0 Å². The molecular formula is C24H24N4. The summed E-state index contributed by atoms with van der Waals surface area (Å²) in [6.45, 7) is 8.35. The molecule has 0 fully saturated rings. The zero-order chi connectivity index (χ0) is 19.7. The number of hydrogen-bond donors (Lipinski definition) is 1. The van der Waals surface area contributed by atoms with Crippen molar-refractivity contribution < 1.29 is 0 Å². The van der Waals surface area contributed by atoms with Crippen LogP contribution >= 0.6 is 0 Å². The number of hydrogen-bond acceptors (Lipinski definition) is 3. The van der Waals surface area contributed by atoms with E-state index >= 15 is 0 Å². The number of rotatable bonds is 4. The number of para-hydroxylation sites is 1. The summed E-state index contributed by atoms with van der Waals surface area (Å²) in [7, 11) is 0. The van der Waals surface area contributed by atoms with Gasteiger partial charge in [0.05, 0.1) is 11.7 Å². The second-order valence-corrected chi connectivity index (χ2v) is 7.22. The molecule has 28 heavy (non-hydrogen) atoms. The molecule has 0 unspecified atom stereocenters. The molecule has 4 rings (SSSR count). The minimum atomic E-state index is 0.784. The van der Waals surface area contributed by atoms with E-state index in [0.29, 0.717) is 0 Å². The van der Waals surface area contributed by atoms with Crippen molar-refractivity contribution in [2.45, 2.75) is 27.7 Å². The summed E-state index contributed by atoms with van der Waals surface area (Å²) in [4.78, 5) is 4.73. The Labute approximate surface area is 165 Å². The normalized spacial score (nSPS) is 11.4. The van der Waals surface area contributed by atoms with Crippen LogP contribution < -0.4 is 5.43 Å². The number of aryl methyl sites for hydroxylation is 3. The van der Waals surface area contributed by atoms with Crippen LogP contribution in [0, 0.1) is 27.7 Å². The lowest BCUT2D eigenvalue weighted by Gasteiger charge is -2.09. The van der Waals surface area contributed by atoms with Gasteiger partial charge in [-0.25, -0.2) is 4.98 Å². The van der Waals surface area contributed by atoms with E-state index in [9.17, 15) is 0 Å². The van der Waals surface area contributed by atoms with Crippen LogP contribution in [-0.2, 0) is 0 Å². The zero-order valence-electron chi connectivity index (χ0n) is 16.7. The Morgan fingerprint density at radius 1 is 0.929 bits per heavy atom. The molecule has 0 spiro atoms. The molecule has 0 atom stereocenters. The van der Waals surface area contributed by atoms with Crippen molar-refractivity contribution in [3.05, 3.63) is 88.7 Å². The van der Waals surface area contributed by atoms with Crippen LogP contribution in [0.5, 0.6) is 0 Å². The maximum Gasteiger partial charge on any atom is 0.149 e. The Kier molecular flexibility index (Phi) is 4.70. The topological polar surface area (TPSA) is 42.2 Å². The van der Waals surface area contributed by atoms with E-state index in [4.69, 9.17) is 4.98 Å². The van der Waals surface area contributed by atoms with E-state index in [1.54, 1.807) is 0 Å². The molecular weight excluding hydrogens is 344 g/mol. The van der Waals surface area contributed by atoms with Crippen molar-refractivity contribution in [2.75, 3.05) is 5.43 Å². The van der Waals surface area contributed by atoms with Crippen molar-refractivity contribution in [3.8, 4) is 5.69 Å². The van der Waals surface area contributed by atoms with Crippen LogP contribution in [0.25, 0.3) is 16.6 Å². The fourth-order valence-corrected chi connectivity index (χ4v) is 3.55. The van der Waals surface area contributed by atoms with Gasteiger partial charge in [0.1, 0.15) is 5.82 Å². The fourth-order valence-electron chi connectivity index (χ4n) is 3.55. The van der Waals surface area contributed by atoms with Crippen molar-refractivity contribution >= 4 is 22.9 Å². The summed E-state index contributed by atoms with van der Waals surface area (Å²) < 4.78 is 2.24. The first-order valence-electron chi connectivity index (χ1n) is 9.44. The number of nitrogens with one attached hydrogen (secondary N) is 1. The second-order valence-electron chi connectivity index (χ2n) is 7.22. The highest BCUT2D eigenvalue weighted by Gasteiger charge is 2.09. The molecule has 2 aromatic carbocycles. The third kappa shape index (κ3) is 3.41. The molecule has 0 amide bonds. The molecule has 0 aliphatic heterocycles. The van der Waals surface area contributed by atoms with Gasteiger partial charge in [-0.15, -0.1) is 0 Å². The van der Waals surface area contributed by atoms with Gasteiger partial charge in [-0.3, -0.25) is 5.43 Å². The number of pyridine rings is 1. The number of benzene rings is 2. The van der Waals surface area contributed by atoms with E-state index < -0.39 is 0 Å². The highest BCUT2D eigenvalue weighted by Crippen LogP contribution is 2.22. The van der Waals surface area contributed by atoms with E-state index in [0.717, 1.165) is 39.2 Å². The van der Waals surface area contributed by atoms with Crippen LogP contribution in [0.4, 0.5) is 5.82 Å². The Hall–Kier alpha value is -3.40. The smallest absolute Gasteiger partial charge is 0.149 e. The van der Waals surface area contributed by atoms with Crippen molar-refractivity contribution in [1.82, 2.24) is 9.55 Å². The minimum absolute atomic E-state index is 0.784. The number of hydrazone groups is 1. The van der Waals surface area contributed by atoms with Crippen LogP contribution in [-0.4, -0.2) is 15.8 Å². The first-order chi connectivity index (χ1) is 13.5. The fraction of sp³-hybridized carbons (Fsp3) is 0.167. The van der Waals surface area contributed by atoms with Crippen LogP contribution in [0.2, 0.25) is 0 Å². The minimum Gasteiger partial charge on any atom is -0.318 e. The van der Waals surface area contributed by atoms with Crippen molar-refractivity contribution in [1.29, 1.82) is 0 Å². The summed E-state index contributed by atoms with van der Waals surface area (Å²) in [5.74, 6) is 0.784. The monoisotopic (exact) mass is 368 g/mol. The maximum absolute atomic E-state index is 4.73. The summed E-state index contributed by atoms with van der Waals surface area (Å²) in [6, 6.07) is 21.0. The van der Waals surface area contributed by atoms with Crippen LogP contribution in [0.1, 0.15) is 28.1 Å². The molecule has 4 nitrogen and oxygen atoms in total. The Morgan fingerprint density at radius 3 is 2.50 bits per heavy atom. The van der Waals surface area contributed by atoms with Crippen LogP contribution in [0.3, 0.4) is 0 Å². The Bertz CT molecular complexity index is 1170. The molecule has 0 saturated heterocycles. The molecule has 2 heterocycles. The number of aromatic nitrogens is 2. The maximum atomic E-state index is 4.73. The second kappa shape index (κ2) is 7.31. The van der Waals surface area contributed by atoms with Gasteiger partial charge in [0.15, 0.2) is 0 Å². The average Bonchev–Trinajstić information content (AvgIpc) is 2.96. The van der Waals surface area contributed by atoms with Gasteiger partial charge in [-0.2, -0.15) is 5.10 Å². The van der Waals surface area contributed by atoms with Gasteiger partial charge in [-0.1, -0.05) is 30.3 Å². The van der Waals surface area contributed by atoms with E-state index in [1.165, 1.54) is 11.3 Å². The molecule has 140 valence electrons. The summed E-state index contributed by atoms with van der Waals surface area (Å²) >= 11 is 0. The van der Waals surface area contributed by atoms with E-state index in [-0.39, 0.29) is 0 Å². The molecule has 4 heteroatoms. The third-order valence-corrected chi connectivity index (χ3v) is 5.02. The standard InChI is InChI=1S/C24H24N4/c1-16-10-11-20-13-17(2)24(26-23(20)12-16)27-25-15-21-14-18(3)28(19(21)4)22-8-6-5-7-9-22/h5-15H,1-4H3,(H,26,27)/b25-15+. The van der Waals surface area contributed by atoms with Crippen LogP contribution in [0.15, 0.2) is 65.8 Å². The highest BCUT2D eigenvalue weighted by molar-refractivity contribution is 5.84. The largest absolute Gasteiger partial charge is 0.318 e. The Morgan fingerprint density at radius 2 is 1.71 bits per heavy atom. The van der Waals surface area contributed by atoms with Crippen molar-refractivity contribution in [3.63, 3.8) is 0 Å².